The lowest BCUT2D eigenvalue weighted by atomic mass is 10.0. The van der Waals surface area contributed by atoms with Crippen molar-refractivity contribution in [1.29, 1.82) is 0 Å². The second-order valence-electron chi connectivity index (χ2n) is 7.88. The summed E-state index contributed by atoms with van der Waals surface area (Å²) in [6.07, 6.45) is -0.0159. The molecular weight excluding hydrogens is 426 g/mol. The summed E-state index contributed by atoms with van der Waals surface area (Å²) in [5.41, 5.74) is 2.14. The number of carbonyl (C=O) groups is 3. The van der Waals surface area contributed by atoms with Crippen molar-refractivity contribution in [2.45, 2.75) is 26.9 Å². The molecule has 4 rings (SSSR count). The molecule has 2 heterocycles. The maximum Gasteiger partial charge on any atom is 0.278 e. The second kappa shape index (κ2) is 9.33. The Labute approximate surface area is 191 Å². The third-order valence-corrected chi connectivity index (χ3v) is 5.07. The van der Waals surface area contributed by atoms with Gasteiger partial charge in [0.2, 0.25) is 12.7 Å². The predicted octanol–water partition coefficient (Wildman–Crippen LogP) is 2.99. The molecule has 0 fully saturated rings. The number of anilines is 2. The number of benzene rings is 2. The summed E-state index contributed by atoms with van der Waals surface area (Å²) >= 11 is 0. The summed E-state index contributed by atoms with van der Waals surface area (Å²) in [6.45, 7) is 5.70. The fourth-order valence-corrected chi connectivity index (χ4v) is 3.58. The first-order valence-corrected chi connectivity index (χ1v) is 10.6. The minimum Gasteiger partial charge on any atom is -0.454 e. The lowest BCUT2D eigenvalue weighted by Crippen LogP contribution is -2.35. The molecule has 0 unspecified atom stereocenters. The Balaban J connectivity index is 1.66. The number of nitrogens with one attached hydrogen (secondary N) is 2. The molecule has 0 bridgehead atoms. The molecule has 172 valence electrons. The van der Waals surface area contributed by atoms with E-state index in [2.05, 4.69) is 10.6 Å². The first kappa shape index (κ1) is 22.3. The van der Waals surface area contributed by atoms with Gasteiger partial charge >= 0.3 is 0 Å². The number of hydrogen-bond acceptors (Lipinski definition) is 7. The van der Waals surface area contributed by atoms with Crippen molar-refractivity contribution in [3.8, 4) is 11.5 Å². The zero-order valence-electron chi connectivity index (χ0n) is 18.6. The van der Waals surface area contributed by atoms with Gasteiger partial charge in [0.25, 0.3) is 11.8 Å². The van der Waals surface area contributed by atoms with Crippen molar-refractivity contribution in [3.63, 3.8) is 0 Å². The Morgan fingerprint density at radius 1 is 1.03 bits per heavy atom. The normalized spacial score (nSPS) is 15.0. The number of amides is 3. The van der Waals surface area contributed by atoms with Crippen LogP contribution in [0.3, 0.4) is 0 Å². The third-order valence-electron chi connectivity index (χ3n) is 5.07. The number of hydrogen-bond donors (Lipinski definition) is 2. The largest absolute Gasteiger partial charge is 0.454 e. The van der Waals surface area contributed by atoms with E-state index in [1.54, 1.807) is 42.5 Å². The molecule has 0 aliphatic carbocycles. The van der Waals surface area contributed by atoms with Gasteiger partial charge in [0.15, 0.2) is 11.5 Å². The number of nitrogens with zero attached hydrogens (tertiary/aromatic N) is 1. The highest BCUT2D eigenvalue weighted by atomic mass is 16.7. The van der Waals surface area contributed by atoms with Crippen molar-refractivity contribution in [2.24, 2.45) is 0 Å². The summed E-state index contributed by atoms with van der Waals surface area (Å²) in [5, 5.41) is 5.79. The molecule has 0 aromatic heterocycles. The van der Waals surface area contributed by atoms with E-state index >= 15 is 0 Å². The highest BCUT2D eigenvalue weighted by Crippen LogP contribution is 2.36. The van der Waals surface area contributed by atoms with E-state index in [1.807, 2.05) is 13.8 Å². The van der Waals surface area contributed by atoms with Gasteiger partial charge in [0, 0.05) is 24.4 Å². The second-order valence-corrected chi connectivity index (χ2v) is 7.88. The van der Waals surface area contributed by atoms with Gasteiger partial charge in [-0.1, -0.05) is 12.1 Å². The zero-order chi connectivity index (χ0) is 23.5. The molecule has 0 spiro atoms. The quantitative estimate of drug-likeness (QED) is 0.595. The first-order valence-electron chi connectivity index (χ1n) is 10.6. The van der Waals surface area contributed by atoms with Crippen LogP contribution in [0.1, 0.15) is 26.3 Å². The van der Waals surface area contributed by atoms with Crippen LogP contribution in [0, 0.1) is 0 Å². The molecule has 0 saturated heterocycles. The monoisotopic (exact) mass is 451 g/mol. The summed E-state index contributed by atoms with van der Waals surface area (Å²) in [6, 6.07) is 12.0. The molecule has 0 saturated carbocycles. The molecule has 9 heteroatoms. The van der Waals surface area contributed by atoms with Crippen LogP contribution < -0.4 is 20.1 Å². The van der Waals surface area contributed by atoms with Crippen LogP contribution in [-0.2, 0) is 19.1 Å². The lowest BCUT2D eigenvalue weighted by Gasteiger charge is -2.16. The fraction of sp³-hybridized carbons (Fsp3) is 0.292. The van der Waals surface area contributed by atoms with Crippen LogP contribution in [0.2, 0.25) is 0 Å². The van der Waals surface area contributed by atoms with Gasteiger partial charge in [-0.25, -0.2) is 0 Å². The molecule has 33 heavy (non-hydrogen) atoms. The van der Waals surface area contributed by atoms with Crippen LogP contribution in [0.4, 0.5) is 11.4 Å². The molecular formula is C24H25N3O6. The van der Waals surface area contributed by atoms with E-state index in [4.69, 9.17) is 14.2 Å². The molecule has 9 nitrogen and oxygen atoms in total. The van der Waals surface area contributed by atoms with Gasteiger partial charge in [-0.15, -0.1) is 0 Å². The zero-order valence-corrected chi connectivity index (χ0v) is 18.6. The van der Waals surface area contributed by atoms with Crippen LogP contribution in [0.5, 0.6) is 11.5 Å². The van der Waals surface area contributed by atoms with Crippen molar-refractivity contribution in [2.75, 3.05) is 30.6 Å². The Kier molecular flexibility index (Phi) is 6.32. The molecule has 2 aliphatic heterocycles. The van der Waals surface area contributed by atoms with E-state index in [0.29, 0.717) is 28.4 Å². The van der Waals surface area contributed by atoms with Crippen molar-refractivity contribution < 1.29 is 28.6 Å². The van der Waals surface area contributed by atoms with Gasteiger partial charge in [-0.05, 0) is 43.7 Å². The van der Waals surface area contributed by atoms with E-state index in [1.165, 1.54) is 11.8 Å². The van der Waals surface area contributed by atoms with E-state index in [0.717, 1.165) is 0 Å². The van der Waals surface area contributed by atoms with Gasteiger partial charge in [-0.2, -0.15) is 0 Å². The van der Waals surface area contributed by atoms with Crippen LogP contribution in [0.15, 0.2) is 48.2 Å². The highest BCUT2D eigenvalue weighted by molar-refractivity contribution is 6.36. The van der Waals surface area contributed by atoms with Crippen LogP contribution >= 0.6 is 0 Å². The van der Waals surface area contributed by atoms with Gasteiger partial charge in [0.05, 0.1) is 24.8 Å². The van der Waals surface area contributed by atoms with E-state index in [-0.39, 0.29) is 43.2 Å². The number of fused-ring (bicyclic) bond motifs is 1. The summed E-state index contributed by atoms with van der Waals surface area (Å²) in [4.78, 5) is 39.0. The third kappa shape index (κ3) is 4.83. The molecule has 2 N–H and O–H groups in total. The fourth-order valence-electron chi connectivity index (χ4n) is 3.58. The smallest absolute Gasteiger partial charge is 0.278 e. The Hall–Kier alpha value is -3.85. The van der Waals surface area contributed by atoms with Crippen molar-refractivity contribution in [3.05, 3.63) is 53.7 Å². The lowest BCUT2D eigenvalue weighted by molar-refractivity contribution is -0.138. The van der Waals surface area contributed by atoms with Gasteiger partial charge in [-0.3, -0.25) is 19.3 Å². The van der Waals surface area contributed by atoms with E-state index in [9.17, 15) is 14.4 Å². The highest BCUT2D eigenvalue weighted by Gasteiger charge is 2.39. The van der Waals surface area contributed by atoms with Gasteiger partial charge in [0.1, 0.15) is 5.70 Å². The number of carbonyl (C=O) groups excluding carboxylic acids is 3. The number of rotatable bonds is 8. The SMILES string of the molecule is CC(=O)Nc1ccc(C2=C(Nc3ccc4c(c3)OCO4)C(=O)N(CCOC(C)C)C2=O)cc1. The molecule has 0 radical (unpaired) electrons. The van der Waals surface area contributed by atoms with Crippen molar-refractivity contribution in [1.82, 2.24) is 4.90 Å². The minimum absolute atomic E-state index is 0.0159. The van der Waals surface area contributed by atoms with E-state index < -0.39 is 11.8 Å². The Morgan fingerprint density at radius 3 is 2.42 bits per heavy atom. The Bertz CT molecular complexity index is 1120. The molecule has 0 atom stereocenters. The van der Waals surface area contributed by atoms with Crippen LogP contribution in [-0.4, -0.2) is 48.7 Å². The average Bonchev–Trinajstić information content (AvgIpc) is 3.32. The first-order chi connectivity index (χ1) is 15.8. The predicted molar refractivity (Wildman–Crippen MR) is 122 cm³/mol. The average molecular weight is 451 g/mol. The topological polar surface area (TPSA) is 106 Å². The summed E-state index contributed by atoms with van der Waals surface area (Å²) in [7, 11) is 0. The number of ether oxygens (including phenoxy) is 3. The minimum atomic E-state index is -0.439. The molecule has 2 aromatic carbocycles. The Morgan fingerprint density at radius 2 is 1.73 bits per heavy atom. The standard InChI is InChI=1S/C24H25N3O6/c1-14(2)31-11-10-27-23(29)21(16-4-6-17(7-5-16)25-15(3)28)22(24(27)30)26-18-8-9-19-20(12-18)33-13-32-19/h4-9,12,14,26H,10-11,13H2,1-3H3,(H,25,28). The number of imide groups is 1. The maximum atomic E-state index is 13.3. The molecule has 2 aliphatic rings. The summed E-state index contributed by atoms with van der Waals surface area (Å²) < 4.78 is 16.3. The molecule has 2 aromatic rings. The van der Waals surface area contributed by atoms with Crippen LogP contribution in [0.25, 0.3) is 5.57 Å². The van der Waals surface area contributed by atoms with Gasteiger partial charge < -0.3 is 24.8 Å². The molecule has 3 amide bonds. The maximum absolute atomic E-state index is 13.3. The van der Waals surface area contributed by atoms with Crippen molar-refractivity contribution >= 4 is 34.7 Å². The summed E-state index contributed by atoms with van der Waals surface area (Å²) in [5.74, 6) is 0.120.